The number of fused-ring (bicyclic) bond motifs is 1. The van der Waals surface area contributed by atoms with E-state index in [0.717, 1.165) is 16.9 Å². The molecule has 0 radical (unpaired) electrons. The average molecular weight is 399 g/mol. The van der Waals surface area contributed by atoms with E-state index < -0.39 is 16.1 Å². The van der Waals surface area contributed by atoms with E-state index in [1.807, 2.05) is 45.9 Å². The summed E-state index contributed by atoms with van der Waals surface area (Å²) in [5, 5.41) is 10.2. The molecular weight excluding hydrogens is 368 g/mol. The molecule has 8 heteroatoms. The van der Waals surface area contributed by atoms with Gasteiger partial charge < -0.3 is 4.74 Å². The number of rotatable bonds is 9. The lowest BCUT2D eigenvalue weighted by Crippen LogP contribution is -2.44. The van der Waals surface area contributed by atoms with Crippen LogP contribution in [0.25, 0.3) is 0 Å². The van der Waals surface area contributed by atoms with Gasteiger partial charge in [-0.3, -0.25) is 10.0 Å². The third kappa shape index (κ3) is 5.92. The fraction of sp³-hybridized carbons (Fsp3) is 0.632. The molecule has 152 valence electrons. The molecule has 1 amide bonds. The van der Waals surface area contributed by atoms with E-state index in [2.05, 4.69) is 0 Å². The van der Waals surface area contributed by atoms with E-state index in [4.69, 9.17) is 4.74 Å². The number of nitrogens with zero attached hydrogens (tertiary/aromatic N) is 2. The zero-order valence-corrected chi connectivity index (χ0v) is 17.3. The van der Waals surface area contributed by atoms with Gasteiger partial charge in [-0.05, 0) is 55.9 Å². The van der Waals surface area contributed by atoms with Crippen molar-refractivity contribution in [2.24, 2.45) is 5.92 Å². The fourth-order valence-electron chi connectivity index (χ4n) is 3.32. The zero-order chi connectivity index (χ0) is 20.2. The Morgan fingerprint density at radius 1 is 1.26 bits per heavy atom. The number of amides is 1. The van der Waals surface area contributed by atoms with Crippen LogP contribution in [0.4, 0.5) is 0 Å². The third-order valence-corrected chi connectivity index (χ3v) is 6.45. The number of benzene rings is 1. The molecule has 1 aliphatic heterocycles. The largest absolute Gasteiger partial charge is 0.491 e. The molecule has 1 aromatic carbocycles. The van der Waals surface area contributed by atoms with Crippen molar-refractivity contribution in [3.8, 4) is 5.75 Å². The molecule has 1 N–H and O–H groups in total. The highest BCUT2D eigenvalue weighted by Gasteiger charge is 2.31. The highest BCUT2D eigenvalue weighted by atomic mass is 32.2. The Kier molecular flexibility index (Phi) is 7.25. The Morgan fingerprint density at radius 3 is 2.56 bits per heavy atom. The second-order valence-corrected chi connectivity index (χ2v) is 9.74. The number of hydroxylamine groups is 2. The number of carbonyl (C=O) groups is 1. The molecule has 0 saturated heterocycles. The van der Waals surface area contributed by atoms with Crippen molar-refractivity contribution in [1.29, 1.82) is 0 Å². The van der Waals surface area contributed by atoms with E-state index in [1.54, 1.807) is 0 Å². The van der Waals surface area contributed by atoms with Crippen molar-refractivity contribution < 1.29 is 23.2 Å². The molecule has 0 fully saturated rings. The predicted molar refractivity (Wildman–Crippen MR) is 103 cm³/mol. The molecule has 1 atom stereocenters. The lowest BCUT2D eigenvalue weighted by atomic mass is 10.0. The molecule has 2 rings (SSSR count). The molecule has 0 aromatic heterocycles. The minimum absolute atomic E-state index is 0.0437. The maximum atomic E-state index is 12.9. The van der Waals surface area contributed by atoms with E-state index in [1.165, 1.54) is 4.31 Å². The summed E-state index contributed by atoms with van der Waals surface area (Å²) in [6.07, 6.45) is 1.35. The van der Waals surface area contributed by atoms with Gasteiger partial charge in [-0.15, -0.1) is 0 Å². The van der Waals surface area contributed by atoms with Crippen molar-refractivity contribution in [1.82, 2.24) is 9.37 Å². The minimum atomic E-state index is -3.63. The molecule has 0 aliphatic carbocycles. The van der Waals surface area contributed by atoms with Gasteiger partial charge in [0, 0.05) is 13.1 Å². The summed E-state index contributed by atoms with van der Waals surface area (Å²) in [4.78, 5) is 10.9. The molecule has 27 heavy (non-hydrogen) atoms. The first kappa shape index (κ1) is 21.7. The summed E-state index contributed by atoms with van der Waals surface area (Å²) < 4.78 is 33.0. The Bertz CT molecular complexity index is 748. The van der Waals surface area contributed by atoms with Crippen LogP contribution in [0, 0.1) is 5.92 Å². The van der Waals surface area contributed by atoms with Crippen LogP contribution in [0.2, 0.25) is 0 Å². The highest BCUT2D eigenvalue weighted by molar-refractivity contribution is 7.89. The lowest BCUT2D eigenvalue weighted by Gasteiger charge is -2.31. The van der Waals surface area contributed by atoms with Crippen molar-refractivity contribution in [2.45, 2.75) is 59.2 Å². The Labute approximate surface area is 161 Å². The molecule has 0 bridgehead atoms. The molecular formula is C19H30N2O5S. The first-order valence-corrected chi connectivity index (χ1v) is 10.9. The smallest absolute Gasteiger partial charge is 0.233 e. The van der Waals surface area contributed by atoms with Crippen LogP contribution in [0.3, 0.4) is 0 Å². The standard InChI is InChI=1S/C19H30N2O5S/c1-14(2)9-18(21(23)13-22)12-27(24,25)20-8-7-16-5-6-19(26-15(3)4)10-17(16)11-20/h5-6,10,13-15,18,23H,7-9,11-12H2,1-4H3. The molecule has 1 aliphatic rings. The normalized spacial score (nSPS) is 16.3. The topological polar surface area (TPSA) is 87.2 Å². The van der Waals surface area contributed by atoms with E-state index in [-0.39, 0.29) is 30.7 Å². The van der Waals surface area contributed by atoms with Crippen molar-refractivity contribution in [3.63, 3.8) is 0 Å². The Balaban J connectivity index is 2.16. The van der Waals surface area contributed by atoms with Crippen molar-refractivity contribution in [3.05, 3.63) is 29.3 Å². The maximum Gasteiger partial charge on any atom is 0.233 e. The number of hydrogen-bond acceptors (Lipinski definition) is 5. The fourth-order valence-corrected chi connectivity index (χ4v) is 5.01. The quantitative estimate of drug-likeness (QED) is 0.392. The number of carbonyl (C=O) groups excluding carboxylic acids is 1. The summed E-state index contributed by atoms with van der Waals surface area (Å²) in [5.41, 5.74) is 2.05. The summed E-state index contributed by atoms with van der Waals surface area (Å²) in [6.45, 7) is 8.39. The SMILES string of the molecule is CC(C)CC(CS(=O)(=O)N1CCc2ccc(OC(C)C)cc2C1)N(O)C=O. The van der Waals surface area contributed by atoms with E-state index in [9.17, 15) is 18.4 Å². The van der Waals surface area contributed by atoms with Gasteiger partial charge in [0.05, 0.1) is 17.9 Å². The van der Waals surface area contributed by atoms with Crippen LogP contribution in [-0.2, 0) is 27.8 Å². The molecule has 1 aromatic rings. The number of hydrogen-bond donors (Lipinski definition) is 1. The molecule has 7 nitrogen and oxygen atoms in total. The molecule has 1 unspecified atom stereocenters. The lowest BCUT2D eigenvalue weighted by molar-refractivity contribution is -0.159. The number of sulfonamides is 1. The van der Waals surface area contributed by atoms with Gasteiger partial charge in [0.25, 0.3) is 0 Å². The first-order chi connectivity index (χ1) is 12.6. The Hall–Kier alpha value is -1.64. The highest BCUT2D eigenvalue weighted by Crippen LogP contribution is 2.27. The van der Waals surface area contributed by atoms with Gasteiger partial charge in [-0.2, -0.15) is 4.31 Å². The second kappa shape index (κ2) is 9.03. The second-order valence-electron chi connectivity index (χ2n) is 7.73. The summed E-state index contributed by atoms with van der Waals surface area (Å²) in [6, 6.07) is 5.03. The van der Waals surface area contributed by atoms with Gasteiger partial charge in [0.2, 0.25) is 16.4 Å². The summed E-state index contributed by atoms with van der Waals surface area (Å²) in [5.74, 6) is 0.582. The number of ether oxygens (including phenoxy) is 1. The van der Waals surface area contributed by atoms with Crippen LogP contribution in [-0.4, -0.2) is 53.8 Å². The van der Waals surface area contributed by atoms with Crippen LogP contribution in [0.1, 0.15) is 45.2 Å². The summed E-state index contributed by atoms with van der Waals surface area (Å²) >= 11 is 0. The van der Waals surface area contributed by atoms with Crippen LogP contribution in [0.5, 0.6) is 5.75 Å². The molecule has 1 heterocycles. The van der Waals surface area contributed by atoms with Gasteiger partial charge in [0.1, 0.15) is 5.75 Å². The molecule has 0 spiro atoms. The van der Waals surface area contributed by atoms with Crippen molar-refractivity contribution >= 4 is 16.4 Å². The maximum absolute atomic E-state index is 12.9. The predicted octanol–water partition coefficient (Wildman–Crippen LogP) is 2.42. The zero-order valence-electron chi connectivity index (χ0n) is 16.5. The minimum Gasteiger partial charge on any atom is -0.491 e. The van der Waals surface area contributed by atoms with Crippen LogP contribution in [0.15, 0.2) is 18.2 Å². The van der Waals surface area contributed by atoms with Gasteiger partial charge in [-0.1, -0.05) is 19.9 Å². The Morgan fingerprint density at radius 2 is 1.96 bits per heavy atom. The van der Waals surface area contributed by atoms with E-state index >= 15 is 0 Å². The molecule has 0 saturated carbocycles. The van der Waals surface area contributed by atoms with E-state index in [0.29, 0.717) is 24.4 Å². The van der Waals surface area contributed by atoms with Crippen LogP contribution >= 0.6 is 0 Å². The third-order valence-electron chi connectivity index (χ3n) is 4.55. The van der Waals surface area contributed by atoms with Gasteiger partial charge in [-0.25, -0.2) is 13.5 Å². The average Bonchev–Trinajstić information content (AvgIpc) is 2.58. The summed E-state index contributed by atoms with van der Waals surface area (Å²) in [7, 11) is -3.63. The first-order valence-electron chi connectivity index (χ1n) is 9.31. The van der Waals surface area contributed by atoms with Gasteiger partial charge >= 0.3 is 0 Å². The van der Waals surface area contributed by atoms with Gasteiger partial charge in [0.15, 0.2) is 0 Å². The van der Waals surface area contributed by atoms with Crippen LogP contribution < -0.4 is 4.74 Å². The van der Waals surface area contributed by atoms with Crippen molar-refractivity contribution in [2.75, 3.05) is 12.3 Å². The monoisotopic (exact) mass is 398 g/mol.